The van der Waals surface area contributed by atoms with Gasteiger partial charge in [-0.1, -0.05) is 0 Å². The largest absolute Gasteiger partial charge is 0.463 e. The van der Waals surface area contributed by atoms with Gasteiger partial charge in [-0.05, 0) is 28.1 Å². The first-order valence-electron chi connectivity index (χ1n) is 4.66. The van der Waals surface area contributed by atoms with Crippen molar-refractivity contribution in [2.75, 3.05) is 5.32 Å². The van der Waals surface area contributed by atoms with Gasteiger partial charge in [0.05, 0.1) is 9.40 Å². The number of rotatable bonds is 3. The number of nitro benzene ring substituents is 1. The predicted octanol–water partition coefficient (Wildman–Crippen LogP) is 3.49. The normalized spacial score (nSPS) is 12.1. The Labute approximate surface area is 116 Å². The molecule has 0 aliphatic carbocycles. The standard InChI is InChI=1S/C9H4BrF5N2O3/c10-5-2-1-4(3-6(5)17(19)20)16-7(18)8(11,12)9(13,14)15/h1-3H,(H,16,18). The SMILES string of the molecule is O=C(Nc1ccc(Br)c([N+](=O)[O-])c1)C(F)(F)C(F)(F)F. The monoisotopic (exact) mass is 362 g/mol. The van der Waals surface area contributed by atoms with Gasteiger partial charge in [-0.25, -0.2) is 0 Å². The minimum Gasteiger partial charge on any atom is -0.320 e. The van der Waals surface area contributed by atoms with E-state index in [1.54, 1.807) is 0 Å². The van der Waals surface area contributed by atoms with Crippen LogP contribution in [-0.4, -0.2) is 22.9 Å². The van der Waals surface area contributed by atoms with Gasteiger partial charge >= 0.3 is 18.0 Å². The molecule has 0 radical (unpaired) electrons. The first-order valence-corrected chi connectivity index (χ1v) is 5.46. The van der Waals surface area contributed by atoms with Gasteiger partial charge in [0.1, 0.15) is 0 Å². The number of alkyl halides is 5. The van der Waals surface area contributed by atoms with E-state index in [1.807, 2.05) is 0 Å². The molecule has 0 fully saturated rings. The Morgan fingerprint density at radius 1 is 1.25 bits per heavy atom. The second-order valence-corrected chi connectivity index (χ2v) is 4.30. The van der Waals surface area contributed by atoms with E-state index in [1.165, 1.54) is 5.32 Å². The molecule has 0 aromatic heterocycles. The molecule has 0 spiro atoms. The molecule has 0 unspecified atom stereocenters. The fourth-order valence-electron chi connectivity index (χ4n) is 1.07. The van der Waals surface area contributed by atoms with Crippen molar-refractivity contribution < 1.29 is 31.7 Å². The van der Waals surface area contributed by atoms with Crippen LogP contribution in [0.4, 0.5) is 33.3 Å². The smallest absolute Gasteiger partial charge is 0.320 e. The summed E-state index contributed by atoms with van der Waals surface area (Å²) in [7, 11) is 0. The zero-order chi connectivity index (χ0) is 15.7. The van der Waals surface area contributed by atoms with Crippen LogP contribution >= 0.6 is 15.9 Å². The van der Waals surface area contributed by atoms with Crippen molar-refractivity contribution in [2.45, 2.75) is 12.1 Å². The number of hydrogen-bond acceptors (Lipinski definition) is 3. The number of hydrogen-bond donors (Lipinski definition) is 1. The highest BCUT2D eigenvalue weighted by molar-refractivity contribution is 9.10. The highest BCUT2D eigenvalue weighted by atomic mass is 79.9. The third kappa shape index (κ3) is 3.21. The van der Waals surface area contributed by atoms with Gasteiger partial charge in [0.15, 0.2) is 0 Å². The number of carbonyl (C=O) groups excluding carboxylic acids is 1. The van der Waals surface area contributed by atoms with E-state index in [0.717, 1.165) is 12.1 Å². The molecular weight excluding hydrogens is 359 g/mol. The minimum absolute atomic E-state index is 0.0249. The lowest BCUT2D eigenvalue weighted by atomic mass is 10.2. The maximum Gasteiger partial charge on any atom is 0.463 e. The van der Waals surface area contributed by atoms with Gasteiger partial charge in [-0.2, -0.15) is 22.0 Å². The lowest BCUT2D eigenvalue weighted by Gasteiger charge is -2.18. The fraction of sp³-hybridized carbons (Fsp3) is 0.222. The first kappa shape index (κ1) is 16.3. The van der Waals surface area contributed by atoms with E-state index in [2.05, 4.69) is 15.9 Å². The Kier molecular flexibility index (Phi) is 4.32. The highest BCUT2D eigenvalue weighted by Crippen LogP contribution is 2.36. The fourth-order valence-corrected chi connectivity index (χ4v) is 1.46. The molecule has 0 atom stereocenters. The lowest BCUT2D eigenvalue weighted by molar-refractivity contribution is -0.385. The van der Waals surface area contributed by atoms with E-state index in [4.69, 9.17) is 0 Å². The molecule has 0 aliphatic rings. The molecule has 0 heterocycles. The number of nitro groups is 1. The molecule has 1 aromatic rings. The molecular formula is C9H4BrF5N2O3. The summed E-state index contributed by atoms with van der Waals surface area (Å²) in [5.41, 5.74) is -1.16. The van der Waals surface area contributed by atoms with Crippen molar-refractivity contribution >= 4 is 33.2 Å². The number of nitrogens with one attached hydrogen (secondary N) is 1. The van der Waals surface area contributed by atoms with Crippen molar-refractivity contribution in [3.63, 3.8) is 0 Å². The van der Waals surface area contributed by atoms with Gasteiger partial charge in [0.2, 0.25) is 0 Å². The lowest BCUT2D eigenvalue weighted by Crippen LogP contribution is -2.47. The average Bonchev–Trinajstić information content (AvgIpc) is 2.29. The van der Waals surface area contributed by atoms with E-state index in [0.29, 0.717) is 6.07 Å². The third-order valence-corrected chi connectivity index (χ3v) is 2.71. The number of halogens is 6. The summed E-state index contributed by atoms with van der Waals surface area (Å²) in [6, 6.07) is 2.61. The Morgan fingerprint density at radius 3 is 2.25 bits per heavy atom. The van der Waals surface area contributed by atoms with Crippen LogP contribution in [0.3, 0.4) is 0 Å². The van der Waals surface area contributed by atoms with Crippen LogP contribution < -0.4 is 5.32 Å². The Hall–Kier alpha value is -1.78. The summed E-state index contributed by atoms with van der Waals surface area (Å²) in [5.74, 6) is -8.23. The summed E-state index contributed by atoms with van der Waals surface area (Å²) in [6.07, 6.45) is -6.06. The number of anilines is 1. The maximum atomic E-state index is 12.7. The molecule has 11 heteroatoms. The van der Waals surface area contributed by atoms with Crippen LogP contribution in [0.2, 0.25) is 0 Å². The molecule has 1 rings (SSSR count). The van der Waals surface area contributed by atoms with Gasteiger partial charge < -0.3 is 5.32 Å². The summed E-state index contributed by atoms with van der Waals surface area (Å²) in [4.78, 5) is 20.5. The Bertz CT molecular complexity index is 561. The van der Waals surface area contributed by atoms with Crippen LogP contribution in [0.1, 0.15) is 0 Å². The van der Waals surface area contributed by atoms with Crippen molar-refractivity contribution in [3.8, 4) is 0 Å². The van der Waals surface area contributed by atoms with Crippen LogP contribution in [0.25, 0.3) is 0 Å². The van der Waals surface area contributed by atoms with Gasteiger partial charge in [-0.3, -0.25) is 14.9 Å². The molecule has 0 saturated carbocycles. The molecule has 1 aromatic carbocycles. The molecule has 1 amide bonds. The zero-order valence-electron chi connectivity index (χ0n) is 9.17. The number of nitrogens with zero attached hydrogens (tertiary/aromatic N) is 1. The first-order chi connectivity index (χ1) is 8.96. The molecule has 110 valence electrons. The summed E-state index contributed by atoms with van der Waals surface area (Å²) < 4.78 is 61.1. The number of carbonyl (C=O) groups is 1. The second-order valence-electron chi connectivity index (χ2n) is 3.45. The minimum atomic E-state index is -6.06. The van der Waals surface area contributed by atoms with Crippen molar-refractivity contribution in [1.82, 2.24) is 0 Å². The van der Waals surface area contributed by atoms with Gasteiger partial charge in [-0.15, -0.1) is 0 Å². The van der Waals surface area contributed by atoms with Crippen molar-refractivity contribution in [3.05, 3.63) is 32.8 Å². The third-order valence-electron chi connectivity index (χ3n) is 2.04. The zero-order valence-corrected chi connectivity index (χ0v) is 10.8. The van der Waals surface area contributed by atoms with E-state index < -0.39 is 34.3 Å². The van der Waals surface area contributed by atoms with Crippen molar-refractivity contribution in [1.29, 1.82) is 0 Å². The van der Waals surface area contributed by atoms with Gasteiger partial charge in [0, 0.05) is 11.8 Å². The van der Waals surface area contributed by atoms with Crippen molar-refractivity contribution in [2.24, 2.45) is 0 Å². The van der Waals surface area contributed by atoms with Crippen LogP contribution in [0.15, 0.2) is 22.7 Å². The number of amides is 1. The van der Waals surface area contributed by atoms with Crippen LogP contribution in [0.5, 0.6) is 0 Å². The van der Waals surface area contributed by atoms with Gasteiger partial charge in [0.25, 0.3) is 5.69 Å². The molecule has 5 nitrogen and oxygen atoms in total. The quantitative estimate of drug-likeness (QED) is 0.508. The maximum absolute atomic E-state index is 12.7. The van der Waals surface area contributed by atoms with Crippen LogP contribution in [-0.2, 0) is 4.79 Å². The summed E-state index contributed by atoms with van der Waals surface area (Å²) >= 11 is 2.79. The topological polar surface area (TPSA) is 72.2 Å². The Balaban J connectivity index is 3.03. The molecule has 0 saturated heterocycles. The average molecular weight is 363 g/mol. The summed E-state index contributed by atoms with van der Waals surface area (Å²) in [5, 5.41) is 11.8. The van der Waals surface area contributed by atoms with E-state index in [-0.39, 0.29) is 4.47 Å². The summed E-state index contributed by atoms with van der Waals surface area (Å²) in [6.45, 7) is 0. The second kappa shape index (κ2) is 5.31. The predicted molar refractivity (Wildman–Crippen MR) is 60.4 cm³/mol. The van der Waals surface area contributed by atoms with E-state index >= 15 is 0 Å². The van der Waals surface area contributed by atoms with Crippen LogP contribution in [0, 0.1) is 10.1 Å². The highest BCUT2D eigenvalue weighted by Gasteiger charge is 2.63. The molecule has 20 heavy (non-hydrogen) atoms. The molecule has 0 bridgehead atoms. The molecule has 0 aliphatic heterocycles. The Morgan fingerprint density at radius 2 is 1.80 bits per heavy atom. The molecule has 1 N–H and O–H groups in total. The van der Waals surface area contributed by atoms with E-state index in [9.17, 15) is 36.9 Å². The number of benzene rings is 1.